The molecule has 0 spiro atoms. The van der Waals surface area contributed by atoms with Crippen LogP contribution in [-0.4, -0.2) is 52.0 Å². The Morgan fingerprint density at radius 1 is 0.889 bits per heavy atom. The Bertz CT molecular complexity index is 438. The number of hydrogen-bond donors (Lipinski definition) is 3. The van der Waals surface area contributed by atoms with Gasteiger partial charge in [-0.05, 0) is 19.8 Å². The van der Waals surface area contributed by atoms with Crippen LogP contribution in [0, 0.1) is 0 Å². The number of ether oxygens (including phenoxy) is 2. The minimum absolute atomic E-state index is 0.332. The van der Waals surface area contributed by atoms with Crippen LogP contribution < -0.4 is 0 Å². The number of unbranched alkanes of at least 4 members (excludes halogenated alkanes) is 9. The summed E-state index contributed by atoms with van der Waals surface area (Å²) < 4.78 is 10.4. The summed E-state index contributed by atoms with van der Waals surface area (Å²) in [5.74, 6) is -0.634. The molecule has 0 saturated carbocycles. The molecule has 1 saturated heterocycles. The van der Waals surface area contributed by atoms with Gasteiger partial charge in [-0.1, -0.05) is 71.3 Å². The molecule has 27 heavy (non-hydrogen) atoms. The molecule has 6 nitrogen and oxygen atoms in total. The Morgan fingerprint density at radius 3 is 1.96 bits per heavy atom. The highest BCUT2D eigenvalue weighted by molar-refractivity contribution is 5.87. The van der Waals surface area contributed by atoms with Crippen molar-refractivity contribution in [2.24, 2.45) is 0 Å². The van der Waals surface area contributed by atoms with E-state index in [4.69, 9.17) is 9.47 Å². The van der Waals surface area contributed by atoms with Gasteiger partial charge in [0.2, 0.25) is 6.29 Å². The van der Waals surface area contributed by atoms with Gasteiger partial charge in [0, 0.05) is 5.57 Å². The van der Waals surface area contributed by atoms with Crippen molar-refractivity contribution in [1.82, 2.24) is 0 Å². The van der Waals surface area contributed by atoms with Crippen LogP contribution in [0.15, 0.2) is 12.2 Å². The van der Waals surface area contributed by atoms with Gasteiger partial charge >= 0.3 is 5.97 Å². The standard InChI is InChI=1S/C21H38O6/c1-4-5-6-7-8-9-10-11-12-13-14-15(2)20(25)27-21-19(24)18(23)17(22)16(3)26-21/h16-19,21-24H,2,4-14H2,1,3H3/t16-,17-,18+,19+,21?/m0/s1. The largest absolute Gasteiger partial charge is 0.429 e. The highest BCUT2D eigenvalue weighted by Gasteiger charge is 2.43. The smallest absolute Gasteiger partial charge is 0.335 e. The molecule has 0 bridgehead atoms. The first kappa shape index (κ1) is 24.1. The Kier molecular flexibility index (Phi) is 11.8. The number of aliphatic hydroxyl groups excluding tert-OH is 3. The molecule has 1 heterocycles. The average molecular weight is 387 g/mol. The number of hydrogen-bond acceptors (Lipinski definition) is 6. The lowest BCUT2D eigenvalue weighted by atomic mass is 10.00. The first-order chi connectivity index (χ1) is 12.9. The monoisotopic (exact) mass is 386 g/mol. The van der Waals surface area contributed by atoms with E-state index < -0.39 is 36.7 Å². The fourth-order valence-electron chi connectivity index (χ4n) is 3.23. The van der Waals surface area contributed by atoms with Gasteiger partial charge in [0.1, 0.15) is 18.3 Å². The summed E-state index contributed by atoms with van der Waals surface area (Å²) in [6, 6.07) is 0. The highest BCUT2D eigenvalue weighted by atomic mass is 16.7. The van der Waals surface area contributed by atoms with Crippen molar-refractivity contribution in [3.8, 4) is 0 Å². The summed E-state index contributed by atoms with van der Waals surface area (Å²) in [4.78, 5) is 12.1. The van der Waals surface area contributed by atoms with Crippen molar-refractivity contribution >= 4 is 5.97 Å². The zero-order valence-corrected chi connectivity index (χ0v) is 16.9. The van der Waals surface area contributed by atoms with E-state index in [0.717, 1.165) is 19.3 Å². The maximum absolute atomic E-state index is 12.1. The van der Waals surface area contributed by atoms with E-state index in [-0.39, 0.29) is 0 Å². The van der Waals surface area contributed by atoms with E-state index in [2.05, 4.69) is 13.5 Å². The second-order valence-electron chi connectivity index (χ2n) is 7.62. The minimum atomic E-state index is -1.48. The van der Waals surface area contributed by atoms with E-state index in [0.29, 0.717) is 12.0 Å². The maximum atomic E-state index is 12.1. The Hall–Kier alpha value is -0.950. The van der Waals surface area contributed by atoms with E-state index in [1.807, 2.05) is 0 Å². The fourth-order valence-corrected chi connectivity index (χ4v) is 3.23. The molecule has 1 aliphatic rings. The number of esters is 1. The van der Waals surface area contributed by atoms with Crippen molar-refractivity contribution in [2.45, 2.75) is 115 Å². The molecular weight excluding hydrogens is 348 g/mol. The van der Waals surface area contributed by atoms with Crippen LogP contribution in [0.25, 0.3) is 0 Å². The van der Waals surface area contributed by atoms with Crippen molar-refractivity contribution in [3.63, 3.8) is 0 Å². The summed E-state index contributed by atoms with van der Waals surface area (Å²) in [6.07, 6.45) is 6.55. The predicted molar refractivity (Wildman–Crippen MR) is 104 cm³/mol. The molecule has 6 heteroatoms. The third kappa shape index (κ3) is 8.73. The lowest BCUT2D eigenvalue weighted by Gasteiger charge is -2.38. The molecule has 0 aromatic carbocycles. The van der Waals surface area contributed by atoms with Crippen LogP contribution in [0.3, 0.4) is 0 Å². The molecule has 0 aromatic rings. The predicted octanol–water partition coefficient (Wildman–Crippen LogP) is 3.22. The van der Waals surface area contributed by atoms with Crippen LogP contribution in [0.4, 0.5) is 0 Å². The molecule has 0 amide bonds. The highest BCUT2D eigenvalue weighted by Crippen LogP contribution is 2.23. The summed E-state index contributed by atoms with van der Waals surface area (Å²) in [5, 5.41) is 29.3. The van der Waals surface area contributed by atoms with Gasteiger partial charge in [-0.15, -0.1) is 0 Å². The molecule has 0 aliphatic carbocycles. The molecule has 1 unspecified atom stereocenters. The summed E-state index contributed by atoms with van der Waals surface area (Å²) in [5.41, 5.74) is 0.332. The normalized spacial score (nSPS) is 28.1. The van der Waals surface area contributed by atoms with Gasteiger partial charge in [0.15, 0.2) is 0 Å². The van der Waals surface area contributed by atoms with Crippen molar-refractivity contribution < 1.29 is 29.6 Å². The van der Waals surface area contributed by atoms with Crippen LogP contribution in [-0.2, 0) is 14.3 Å². The fraction of sp³-hybridized carbons (Fsp3) is 0.857. The Labute approximate surface area is 163 Å². The van der Waals surface area contributed by atoms with E-state index in [1.54, 1.807) is 6.92 Å². The molecule has 5 atom stereocenters. The molecule has 1 aliphatic heterocycles. The van der Waals surface area contributed by atoms with Crippen molar-refractivity contribution in [3.05, 3.63) is 12.2 Å². The zero-order valence-electron chi connectivity index (χ0n) is 16.9. The van der Waals surface area contributed by atoms with E-state index in [1.165, 1.54) is 44.9 Å². The number of carbonyl (C=O) groups excluding carboxylic acids is 1. The van der Waals surface area contributed by atoms with Gasteiger partial charge < -0.3 is 24.8 Å². The molecule has 1 rings (SSSR count). The van der Waals surface area contributed by atoms with Crippen molar-refractivity contribution in [2.75, 3.05) is 0 Å². The SMILES string of the molecule is C=C(CCCCCCCCCCCC)C(=O)OC1O[C@@H](C)[C@H](O)[C@@H](O)[C@H]1O. The first-order valence-electron chi connectivity index (χ1n) is 10.5. The van der Waals surface area contributed by atoms with Gasteiger partial charge in [0.05, 0.1) is 6.10 Å². The second-order valence-corrected chi connectivity index (χ2v) is 7.62. The molecule has 3 N–H and O–H groups in total. The van der Waals surface area contributed by atoms with Crippen LogP contribution in [0.2, 0.25) is 0 Å². The third-order valence-electron chi connectivity index (χ3n) is 5.15. The van der Waals surface area contributed by atoms with Crippen molar-refractivity contribution in [1.29, 1.82) is 0 Å². The number of carbonyl (C=O) groups is 1. The van der Waals surface area contributed by atoms with Gasteiger partial charge in [-0.2, -0.15) is 0 Å². The van der Waals surface area contributed by atoms with Crippen LogP contribution in [0.1, 0.15) is 84.5 Å². The first-order valence-corrected chi connectivity index (χ1v) is 10.5. The third-order valence-corrected chi connectivity index (χ3v) is 5.15. The lowest BCUT2D eigenvalue weighted by Crippen LogP contribution is -2.57. The van der Waals surface area contributed by atoms with Gasteiger partial charge in [-0.25, -0.2) is 4.79 Å². The zero-order chi connectivity index (χ0) is 20.2. The van der Waals surface area contributed by atoms with Gasteiger partial charge in [-0.3, -0.25) is 0 Å². The van der Waals surface area contributed by atoms with Crippen LogP contribution in [0.5, 0.6) is 0 Å². The molecule has 158 valence electrons. The summed E-state index contributed by atoms with van der Waals surface area (Å²) in [6.45, 7) is 7.52. The molecule has 0 radical (unpaired) electrons. The lowest BCUT2D eigenvalue weighted by molar-refractivity contribution is -0.283. The average Bonchev–Trinajstić information content (AvgIpc) is 2.65. The number of rotatable bonds is 13. The maximum Gasteiger partial charge on any atom is 0.335 e. The van der Waals surface area contributed by atoms with E-state index in [9.17, 15) is 20.1 Å². The topological polar surface area (TPSA) is 96.2 Å². The molecule has 1 fully saturated rings. The minimum Gasteiger partial charge on any atom is -0.429 e. The second kappa shape index (κ2) is 13.3. The Morgan fingerprint density at radius 2 is 1.41 bits per heavy atom. The van der Waals surface area contributed by atoms with E-state index >= 15 is 0 Å². The summed E-state index contributed by atoms with van der Waals surface area (Å²) in [7, 11) is 0. The molecular formula is C21H38O6. The van der Waals surface area contributed by atoms with Crippen LogP contribution >= 0.6 is 0 Å². The summed E-state index contributed by atoms with van der Waals surface area (Å²) >= 11 is 0. The van der Waals surface area contributed by atoms with Gasteiger partial charge in [0.25, 0.3) is 0 Å². The molecule has 0 aromatic heterocycles. The number of aliphatic hydroxyl groups is 3. The Balaban J connectivity index is 2.14. The quantitative estimate of drug-likeness (QED) is 0.255.